The Morgan fingerprint density at radius 2 is 2.22 bits per heavy atom. The summed E-state index contributed by atoms with van der Waals surface area (Å²) in [6.45, 7) is 8.71. The van der Waals surface area contributed by atoms with Gasteiger partial charge in [-0.25, -0.2) is 10.8 Å². The standard InChI is InChI=1S/C12H21N5S/c1-9-8-14-11(16-13)15-10(9)17-5-4-12(2,3)18-7-6-17/h8H,4-7,13H2,1-3H3,(H,14,15,16). The van der Waals surface area contributed by atoms with E-state index in [9.17, 15) is 0 Å². The van der Waals surface area contributed by atoms with Gasteiger partial charge < -0.3 is 4.90 Å². The summed E-state index contributed by atoms with van der Waals surface area (Å²) in [5.41, 5.74) is 3.61. The van der Waals surface area contributed by atoms with E-state index in [1.54, 1.807) is 0 Å². The number of nitrogens with two attached hydrogens (primary N) is 1. The third-order valence-electron chi connectivity index (χ3n) is 3.21. The number of nitrogen functional groups attached to an aromatic ring is 1. The van der Waals surface area contributed by atoms with Crippen LogP contribution in [0.5, 0.6) is 0 Å². The van der Waals surface area contributed by atoms with E-state index < -0.39 is 0 Å². The highest BCUT2D eigenvalue weighted by molar-refractivity contribution is 8.00. The quantitative estimate of drug-likeness (QED) is 0.629. The molecule has 1 aromatic heterocycles. The van der Waals surface area contributed by atoms with Crippen LogP contribution in [0.2, 0.25) is 0 Å². The molecule has 0 bridgehead atoms. The molecular formula is C12H21N5S. The van der Waals surface area contributed by atoms with Crippen molar-refractivity contribution in [2.75, 3.05) is 29.2 Å². The minimum Gasteiger partial charge on any atom is -0.355 e. The zero-order valence-corrected chi connectivity index (χ0v) is 12.0. The zero-order chi connectivity index (χ0) is 13.2. The molecule has 1 aliphatic heterocycles. The number of aromatic nitrogens is 2. The molecule has 5 nitrogen and oxygen atoms in total. The Bertz CT molecular complexity index is 421. The first-order valence-corrected chi connectivity index (χ1v) is 7.19. The van der Waals surface area contributed by atoms with E-state index in [0.717, 1.165) is 36.6 Å². The van der Waals surface area contributed by atoms with E-state index in [2.05, 4.69) is 34.1 Å². The van der Waals surface area contributed by atoms with Crippen LogP contribution in [0.1, 0.15) is 25.8 Å². The Morgan fingerprint density at radius 3 is 2.94 bits per heavy atom. The van der Waals surface area contributed by atoms with Crippen molar-refractivity contribution in [3.63, 3.8) is 0 Å². The number of hydrazine groups is 1. The molecule has 100 valence electrons. The summed E-state index contributed by atoms with van der Waals surface area (Å²) in [5.74, 6) is 7.98. The van der Waals surface area contributed by atoms with Crippen LogP contribution >= 0.6 is 11.8 Å². The number of nitrogens with one attached hydrogen (secondary N) is 1. The molecule has 6 heteroatoms. The van der Waals surface area contributed by atoms with E-state index in [1.807, 2.05) is 24.9 Å². The third kappa shape index (κ3) is 3.05. The van der Waals surface area contributed by atoms with Crippen molar-refractivity contribution in [2.24, 2.45) is 5.84 Å². The maximum absolute atomic E-state index is 5.37. The Morgan fingerprint density at radius 1 is 1.44 bits per heavy atom. The van der Waals surface area contributed by atoms with Gasteiger partial charge in [-0.1, -0.05) is 13.8 Å². The lowest BCUT2D eigenvalue weighted by Gasteiger charge is -2.24. The minimum absolute atomic E-state index is 0.352. The second kappa shape index (κ2) is 5.32. The molecule has 0 saturated carbocycles. The van der Waals surface area contributed by atoms with Crippen LogP contribution in [0.4, 0.5) is 11.8 Å². The van der Waals surface area contributed by atoms with E-state index >= 15 is 0 Å². The predicted octanol–water partition coefficient (Wildman–Crippen LogP) is 1.79. The first kappa shape index (κ1) is 13.4. The van der Waals surface area contributed by atoms with Gasteiger partial charge in [0, 0.05) is 35.3 Å². The molecule has 2 heterocycles. The highest BCUT2D eigenvalue weighted by Crippen LogP contribution is 2.32. The Labute approximate surface area is 113 Å². The Balaban J connectivity index is 2.20. The van der Waals surface area contributed by atoms with Crippen LogP contribution in [-0.2, 0) is 0 Å². The molecule has 1 fully saturated rings. The number of hydrogen-bond acceptors (Lipinski definition) is 6. The van der Waals surface area contributed by atoms with E-state index in [1.165, 1.54) is 0 Å². The SMILES string of the molecule is Cc1cnc(NN)nc1N1CCSC(C)(C)CC1. The fourth-order valence-corrected chi connectivity index (χ4v) is 3.15. The Kier molecular flexibility index (Phi) is 3.97. The predicted molar refractivity (Wildman–Crippen MR) is 77.9 cm³/mol. The molecule has 0 radical (unpaired) electrons. The summed E-state index contributed by atoms with van der Waals surface area (Å²) in [7, 11) is 0. The van der Waals surface area contributed by atoms with Crippen LogP contribution in [0, 0.1) is 6.92 Å². The first-order chi connectivity index (χ1) is 8.52. The van der Waals surface area contributed by atoms with Gasteiger partial charge in [0.05, 0.1) is 0 Å². The summed E-state index contributed by atoms with van der Waals surface area (Å²) >= 11 is 2.03. The van der Waals surface area contributed by atoms with E-state index in [4.69, 9.17) is 5.84 Å². The summed E-state index contributed by atoms with van der Waals surface area (Å²) < 4.78 is 0.352. The van der Waals surface area contributed by atoms with Gasteiger partial charge in [0.1, 0.15) is 5.82 Å². The highest BCUT2D eigenvalue weighted by Gasteiger charge is 2.25. The minimum atomic E-state index is 0.352. The summed E-state index contributed by atoms with van der Waals surface area (Å²) in [6.07, 6.45) is 2.98. The number of hydrogen-bond donors (Lipinski definition) is 2. The second-order valence-electron chi connectivity index (χ2n) is 5.19. The van der Waals surface area contributed by atoms with Gasteiger partial charge in [0.25, 0.3) is 0 Å². The molecule has 0 atom stereocenters. The van der Waals surface area contributed by atoms with Crippen molar-refractivity contribution in [1.29, 1.82) is 0 Å². The third-order valence-corrected chi connectivity index (χ3v) is 4.58. The maximum Gasteiger partial charge on any atom is 0.239 e. The monoisotopic (exact) mass is 267 g/mol. The van der Waals surface area contributed by atoms with Crippen molar-refractivity contribution in [3.8, 4) is 0 Å². The average molecular weight is 267 g/mol. The van der Waals surface area contributed by atoms with Crippen LogP contribution < -0.4 is 16.2 Å². The van der Waals surface area contributed by atoms with Gasteiger partial charge in [-0.05, 0) is 13.3 Å². The molecular weight excluding hydrogens is 246 g/mol. The van der Waals surface area contributed by atoms with Crippen molar-refractivity contribution >= 4 is 23.5 Å². The highest BCUT2D eigenvalue weighted by atomic mass is 32.2. The number of aryl methyl sites for hydroxylation is 1. The molecule has 3 N–H and O–H groups in total. The largest absolute Gasteiger partial charge is 0.355 e. The topological polar surface area (TPSA) is 67.1 Å². The molecule has 0 unspecified atom stereocenters. The molecule has 0 aliphatic carbocycles. The van der Waals surface area contributed by atoms with Crippen molar-refractivity contribution < 1.29 is 0 Å². The molecule has 1 aromatic rings. The van der Waals surface area contributed by atoms with Gasteiger partial charge in [0.15, 0.2) is 0 Å². The van der Waals surface area contributed by atoms with Crippen molar-refractivity contribution in [2.45, 2.75) is 31.9 Å². The molecule has 0 amide bonds. The molecule has 0 spiro atoms. The number of rotatable bonds is 2. The lowest BCUT2D eigenvalue weighted by molar-refractivity contribution is 0.634. The fraction of sp³-hybridized carbons (Fsp3) is 0.667. The maximum atomic E-state index is 5.37. The fourth-order valence-electron chi connectivity index (χ4n) is 2.05. The Hall–Kier alpha value is -1.01. The molecule has 2 rings (SSSR count). The van der Waals surface area contributed by atoms with Gasteiger partial charge >= 0.3 is 0 Å². The molecule has 18 heavy (non-hydrogen) atoms. The number of anilines is 2. The van der Waals surface area contributed by atoms with Crippen molar-refractivity contribution in [3.05, 3.63) is 11.8 Å². The number of nitrogens with zero attached hydrogens (tertiary/aromatic N) is 3. The van der Waals surface area contributed by atoms with Crippen LogP contribution in [0.15, 0.2) is 6.20 Å². The van der Waals surface area contributed by atoms with Crippen LogP contribution in [-0.4, -0.2) is 33.6 Å². The molecule has 1 aliphatic rings. The summed E-state index contributed by atoms with van der Waals surface area (Å²) in [4.78, 5) is 10.9. The van der Waals surface area contributed by atoms with E-state index in [0.29, 0.717) is 10.7 Å². The van der Waals surface area contributed by atoms with Gasteiger partial charge in [-0.2, -0.15) is 16.7 Å². The van der Waals surface area contributed by atoms with Gasteiger partial charge in [-0.3, -0.25) is 5.43 Å². The van der Waals surface area contributed by atoms with Crippen LogP contribution in [0.25, 0.3) is 0 Å². The lowest BCUT2D eigenvalue weighted by atomic mass is 10.1. The smallest absolute Gasteiger partial charge is 0.239 e. The number of thioether (sulfide) groups is 1. The van der Waals surface area contributed by atoms with Crippen LogP contribution in [0.3, 0.4) is 0 Å². The molecule has 1 saturated heterocycles. The molecule has 0 aromatic carbocycles. The second-order valence-corrected chi connectivity index (χ2v) is 6.99. The lowest BCUT2D eigenvalue weighted by Crippen LogP contribution is -2.29. The normalized spacial score (nSPS) is 19.4. The van der Waals surface area contributed by atoms with Crippen molar-refractivity contribution in [1.82, 2.24) is 9.97 Å². The summed E-state index contributed by atoms with van der Waals surface area (Å²) in [6, 6.07) is 0. The first-order valence-electron chi connectivity index (χ1n) is 6.21. The zero-order valence-electron chi connectivity index (χ0n) is 11.2. The van der Waals surface area contributed by atoms with Gasteiger partial charge in [-0.15, -0.1) is 0 Å². The summed E-state index contributed by atoms with van der Waals surface area (Å²) in [5, 5.41) is 0. The van der Waals surface area contributed by atoms with E-state index in [-0.39, 0.29) is 0 Å². The average Bonchev–Trinajstić information content (AvgIpc) is 2.51. The van der Waals surface area contributed by atoms with Gasteiger partial charge in [0.2, 0.25) is 5.95 Å².